The Bertz CT molecular complexity index is 1410. The van der Waals surface area contributed by atoms with E-state index in [4.69, 9.17) is 4.74 Å². The molecule has 0 N–H and O–H groups in total. The number of anilines is 1. The summed E-state index contributed by atoms with van der Waals surface area (Å²) in [6.45, 7) is 3.83. The second kappa shape index (κ2) is 9.05. The largest absolute Gasteiger partial charge is 0.438 e. The van der Waals surface area contributed by atoms with Gasteiger partial charge in [0.15, 0.2) is 5.65 Å². The predicted molar refractivity (Wildman–Crippen MR) is 126 cm³/mol. The van der Waals surface area contributed by atoms with Crippen LogP contribution in [0.15, 0.2) is 55.5 Å². The number of piperidine rings is 1. The molecule has 1 aliphatic heterocycles. The lowest BCUT2D eigenvalue weighted by Gasteiger charge is -2.32. The maximum Gasteiger partial charge on any atom is 0.233 e. The quantitative estimate of drug-likeness (QED) is 0.366. The Morgan fingerprint density at radius 1 is 0.971 bits per heavy atom. The molecule has 0 amide bonds. The Balaban J connectivity index is 1.17. The number of hydrogen-bond donors (Lipinski definition) is 0. The summed E-state index contributed by atoms with van der Waals surface area (Å²) in [7, 11) is 0. The van der Waals surface area contributed by atoms with Crippen molar-refractivity contribution in [1.29, 1.82) is 0 Å². The summed E-state index contributed by atoms with van der Waals surface area (Å²) in [6, 6.07) is 7.68. The lowest BCUT2D eigenvalue weighted by Crippen LogP contribution is -2.36. The normalized spacial score (nSPS) is 14.5. The van der Waals surface area contributed by atoms with Crippen LogP contribution in [0, 0.1) is 0 Å². The van der Waals surface area contributed by atoms with Crippen molar-refractivity contribution in [1.82, 2.24) is 49.9 Å². The molecule has 0 radical (unpaired) electrons. The van der Waals surface area contributed by atoms with Gasteiger partial charge in [-0.2, -0.15) is 5.10 Å². The molecule has 5 heterocycles. The van der Waals surface area contributed by atoms with Gasteiger partial charge in [0.25, 0.3) is 0 Å². The van der Waals surface area contributed by atoms with Gasteiger partial charge in [-0.15, -0.1) is 5.10 Å². The third-order valence-corrected chi connectivity index (χ3v) is 6.21. The molecule has 0 spiro atoms. The highest BCUT2D eigenvalue weighted by molar-refractivity contribution is 5.80. The van der Waals surface area contributed by atoms with E-state index < -0.39 is 0 Å². The van der Waals surface area contributed by atoms with Crippen LogP contribution in [0.2, 0.25) is 0 Å². The SMILES string of the molecule is CCc1cnc(N2CCC(n3ncc4c(Oc5ccc(-n6cnnn6)cc5)ncnc43)CC2)nc1. The number of aryl methyl sites for hydroxylation is 1. The number of fused-ring (bicyclic) bond motifs is 1. The van der Waals surface area contributed by atoms with E-state index in [0.29, 0.717) is 11.6 Å². The van der Waals surface area contributed by atoms with Gasteiger partial charge in [-0.25, -0.2) is 29.3 Å². The molecule has 35 heavy (non-hydrogen) atoms. The molecular weight excluding hydrogens is 446 g/mol. The molecule has 1 aliphatic rings. The topological polar surface area (TPSA) is 125 Å². The van der Waals surface area contributed by atoms with E-state index in [1.807, 2.05) is 41.3 Å². The molecule has 12 heteroatoms. The number of tetrazole rings is 1. The highest BCUT2D eigenvalue weighted by atomic mass is 16.5. The lowest BCUT2D eigenvalue weighted by atomic mass is 10.1. The van der Waals surface area contributed by atoms with Crippen LogP contribution in [0.4, 0.5) is 5.95 Å². The first kappa shape index (κ1) is 21.1. The summed E-state index contributed by atoms with van der Waals surface area (Å²) in [5, 5.41) is 16.6. The van der Waals surface area contributed by atoms with Crippen LogP contribution in [-0.2, 0) is 6.42 Å². The van der Waals surface area contributed by atoms with Crippen LogP contribution in [0.5, 0.6) is 11.6 Å². The van der Waals surface area contributed by atoms with E-state index in [1.165, 1.54) is 12.7 Å². The van der Waals surface area contributed by atoms with E-state index >= 15 is 0 Å². The van der Waals surface area contributed by atoms with Crippen molar-refractivity contribution in [2.24, 2.45) is 0 Å². The average Bonchev–Trinajstić information content (AvgIpc) is 3.61. The molecule has 0 saturated carbocycles. The summed E-state index contributed by atoms with van der Waals surface area (Å²) in [6.07, 6.45) is 11.4. The molecule has 6 rings (SSSR count). The zero-order valence-corrected chi connectivity index (χ0v) is 19.1. The van der Waals surface area contributed by atoms with Gasteiger partial charge in [0.1, 0.15) is 23.8 Å². The van der Waals surface area contributed by atoms with Crippen LogP contribution in [0.25, 0.3) is 16.7 Å². The van der Waals surface area contributed by atoms with Crippen LogP contribution in [0.1, 0.15) is 31.4 Å². The zero-order valence-electron chi connectivity index (χ0n) is 19.1. The van der Waals surface area contributed by atoms with Gasteiger partial charge in [0.2, 0.25) is 11.8 Å². The van der Waals surface area contributed by atoms with Gasteiger partial charge in [-0.1, -0.05) is 6.92 Å². The van der Waals surface area contributed by atoms with Crippen molar-refractivity contribution < 1.29 is 4.74 Å². The minimum absolute atomic E-state index is 0.233. The molecule has 176 valence electrons. The molecule has 1 saturated heterocycles. The molecule has 0 bridgehead atoms. The highest BCUT2D eigenvalue weighted by Gasteiger charge is 2.25. The Labute approximate surface area is 200 Å². The molecule has 1 fully saturated rings. The van der Waals surface area contributed by atoms with Gasteiger partial charge in [0.05, 0.1) is 17.9 Å². The minimum atomic E-state index is 0.233. The van der Waals surface area contributed by atoms with Crippen molar-refractivity contribution in [3.63, 3.8) is 0 Å². The van der Waals surface area contributed by atoms with Crippen LogP contribution < -0.4 is 9.64 Å². The number of nitrogens with zero attached hydrogens (tertiary/aromatic N) is 11. The first-order valence-electron chi connectivity index (χ1n) is 11.5. The molecular formula is C23H23N11O. The average molecular weight is 470 g/mol. The van der Waals surface area contributed by atoms with Crippen molar-refractivity contribution >= 4 is 17.0 Å². The fraction of sp³-hybridized carbons (Fsp3) is 0.304. The Morgan fingerprint density at radius 2 is 1.77 bits per heavy atom. The summed E-state index contributed by atoms with van der Waals surface area (Å²) in [5.74, 6) is 1.91. The van der Waals surface area contributed by atoms with Crippen molar-refractivity contribution in [3.8, 4) is 17.3 Å². The van der Waals surface area contributed by atoms with Crippen molar-refractivity contribution in [3.05, 3.63) is 61.1 Å². The number of rotatable bonds is 6. The molecule has 12 nitrogen and oxygen atoms in total. The van der Waals surface area contributed by atoms with Crippen molar-refractivity contribution in [2.45, 2.75) is 32.2 Å². The number of hydrogen-bond acceptors (Lipinski definition) is 10. The Hall–Kier alpha value is -4.48. The third kappa shape index (κ3) is 4.14. The molecule has 0 unspecified atom stereocenters. The van der Waals surface area contributed by atoms with E-state index in [0.717, 1.165) is 60.6 Å². The molecule has 1 aromatic carbocycles. The fourth-order valence-corrected chi connectivity index (χ4v) is 4.25. The lowest BCUT2D eigenvalue weighted by molar-refractivity contribution is 0.372. The monoisotopic (exact) mass is 469 g/mol. The van der Waals surface area contributed by atoms with Crippen LogP contribution in [-0.4, -0.2) is 63.0 Å². The van der Waals surface area contributed by atoms with E-state index in [-0.39, 0.29) is 6.04 Å². The Kier molecular flexibility index (Phi) is 5.45. The molecule has 4 aromatic heterocycles. The zero-order chi connectivity index (χ0) is 23.6. The maximum absolute atomic E-state index is 6.07. The third-order valence-electron chi connectivity index (χ3n) is 6.21. The van der Waals surface area contributed by atoms with Crippen LogP contribution in [0.3, 0.4) is 0 Å². The van der Waals surface area contributed by atoms with Gasteiger partial charge in [-0.05, 0) is 59.5 Å². The van der Waals surface area contributed by atoms with E-state index in [9.17, 15) is 0 Å². The summed E-state index contributed by atoms with van der Waals surface area (Å²) in [4.78, 5) is 20.1. The second-order valence-electron chi connectivity index (χ2n) is 8.32. The minimum Gasteiger partial charge on any atom is -0.438 e. The Morgan fingerprint density at radius 3 is 2.49 bits per heavy atom. The fourth-order valence-electron chi connectivity index (χ4n) is 4.25. The number of aromatic nitrogens is 10. The van der Waals surface area contributed by atoms with Crippen LogP contribution >= 0.6 is 0 Å². The molecule has 5 aromatic rings. The second-order valence-corrected chi connectivity index (χ2v) is 8.32. The van der Waals surface area contributed by atoms with Crippen molar-refractivity contribution in [2.75, 3.05) is 18.0 Å². The van der Waals surface area contributed by atoms with Gasteiger partial charge < -0.3 is 9.64 Å². The first-order chi connectivity index (χ1) is 17.3. The molecule has 0 atom stereocenters. The summed E-state index contributed by atoms with van der Waals surface area (Å²) >= 11 is 0. The van der Waals surface area contributed by atoms with E-state index in [2.05, 4.69) is 52.4 Å². The van der Waals surface area contributed by atoms with Gasteiger partial charge in [-0.3, -0.25) is 0 Å². The van der Waals surface area contributed by atoms with Gasteiger partial charge >= 0.3 is 0 Å². The highest BCUT2D eigenvalue weighted by Crippen LogP contribution is 2.31. The van der Waals surface area contributed by atoms with Gasteiger partial charge in [0, 0.05) is 25.5 Å². The molecule has 0 aliphatic carbocycles. The van der Waals surface area contributed by atoms with E-state index in [1.54, 1.807) is 10.9 Å². The first-order valence-corrected chi connectivity index (χ1v) is 11.5. The predicted octanol–water partition coefficient (Wildman–Crippen LogP) is 2.79. The summed E-state index contributed by atoms with van der Waals surface area (Å²) < 4.78 is 9.64. The smallest absolute Gasteiger partial charge is 0.233 e. The summed E-state index contributed by atoms with van der Waals surface area (Å²) in [5.41, 5.74) is 2.75. The number of benzene rings is 1. The number of ether oxygens (including phenoxy) is 1. The standard InChI is InChI=1S/C23H23N11O/c1-2-16-11-24-23(25-12-16)32-9-7-18(8-10-32)34-21-20(13-29-34)22(27-14-26-21)35-19-5-3-17(4-6-19)33-15-28-30-31-33/h3-6,11-15,18H,2,7-10H2,1H3. The maximum atomic E-state index is 6.07.